The zero-order chi connectivity index (χ0) is 15.0. The van der Waals surface area contributed by atoms with Crippen LogP contribution in [0.2, 0.25) is 0 Å². The maximum atomic E-state index is 12.6. The molecular weight excluding hydrogens is 276 g/mol. The van der Waals surface area contributed by atoms with E-state index in [-0.39, 0.29) is 24.0 Å². The maximum absolute atomic E-state index is 12.6. The highest BCUT2D eigenvalue weighted by Gasteiger charge is 2.58. The van der Waals surface area contributed by atoms with Gasteiger partial charge in [0, 0.05) is 12.5 Å². The Morgan fingerprint density at radius 2 is 2.00 bits per heavy atom. The highest BCUT2D eigenvalue weighted by molar-refractivity contribution is 5.83. The SMILES string of the molecule is O=C(NC1CCOC1c1ccccc1)C1CC12CCNCC2. The van der Waals surface area contributed by atoms with Gasteiger partial charge in [-0.3, -0.25) is 4.79 Å². The lowest BCUT2D eigenvalue weighted by atomic mass is 9.91. The summed E-state index contributed by atoms with van der Waals surface area (Å²) in [5, 5.41) is 6.67. The maximum Gasteiger partial charge on any atom is 0.224 e. The van der Waals surface area contributed by atoms with Gasteiger partial charge in [-0.25, -0.2) is 0 Å². The molecule has 2 saturated heterocycles. The third kappa shape index (κ3) is 2.55. The van der Waals surface area contributed by atoms with Crippen molar-refractivity contribution < 1.29 is 9.53 Å². The number of hydrogen-bond donors (Lipinski definition) is 2. The summed E-state index contributed by atoms with van der Waals surface area (Å²) in [5.74, 6) is 0.477. The second-order valence-electron chi connectivity index (χ2n) is 6.97. The summed E-state index contributed by atoms with van der Waals surface area (Å²) < 4.78 is 5.86. The van der Waals surface area contributed by atoms with Crippen molar-refractivity contribution in [2.75, 3.05) is 19.7 Å². The summed E-state index contributed by atoms with van der Waals surface area (Å²) in [4.78, 5) is 12.6. The third-order valence-corrected chi connectivity index (χ3v) is 5.65. The van der Waals surface area contributed by atoms with E-state index >= 15 is 0 Å². The number of hydrogen-bond acceptors (Lipinski definition) is 3. The van der Waals surface area contributed by atoms with Crippen LogP contribution < -0.4 is 10.6 Å². The molecule has 1 spiro atoms. The first-order valence-corrected chi connectivity index (χ1v) is 8.46. The Labute approximate surface area is 131 Å². The lowest BCUT2D eigenvalue weighted by Gasteiger charge is -2.24. The van der Waals surface area contributed by atoms with Gasteiger partial charge in [-0.1, -0.05) is 30.3 Å². The first kappa shape index (κ1) is 14.2. The van der Waals surface area contributed by atoms with E-state index in [1.54, 1.807) is 0 Å². The van der Waals surface area contributed by atoms with Crippen molar-refractivity contribution in [3.05, 3.63) is 35.9 Å². The average Bonchev–Trinajstić information content (AvgIpc) is 3.05. The molecule has 3 unspecified atom stereocenters. The zero-order valence-electron chi connectivity index (χ0n) is 12.9. The van der Waals surface area contributed by atoms with Crippen molar-refractivity contribution in [3.63, 3.8) is 0 Å². The van der Waals surface area contributed by atoms with Gasteiger partial charge in [-0.15, -0.1) is 0 Å². The minimum atomic E-state index is 0.00729. The largest absolute Gasteiger partial charge is 0.371 e. The molecule has 1 aromatic carbocycles. The molecular formula is C18H24N2O2. The predicted octanol–water partition coefficient (Wildman–Crippen LogP) is 2.02. The number of rotatable bonds is 3. The summed E-state index contributed by atoms with van der Waals surface area (Å²) in [6.45, 7) is 2.84. The Balaban J connectivity index is 1.39. The minimum absolute atomic E-state index is 0.00729. The molecule has 3 atom stereocenters. The summed E-state index contributed by atoms with van der Waals surface area (Å²) in [5.41, 5.74) is 1.47. The van der Waals surface area contributed by atoms with Crippen molar-refractivity contribution in [2.24, 2.45) is 11.3 Å². The fourth-order valence-electron chi connectivity index (χ4n) is 4.19. The predicted molar refractivity (Wildman–Crippen MR) is 84.3 cm³/mol. The van der Waals surface area contributed by atoms with E-state index in [0.717, 1.165) is 50.9 Å². The second kappa shape index (κ2) is 5.67. The molecule has 0 aromatic heterocycles. The molecule has 1 aromatic rings. The molecule has 2 N–H and O–H groups in total. The van der Waals surface area contributed by atoms with Crippen molar-refractivity contribution in [1.82, 2.24) is 10.6 Å². The summed E-state index contributed by atoms with van der Waals surface area (Å²) in [6.07, 6.45) is 4.28. The van der Waals surface area contributed by atoms with Crippen LogP contribution in [0.25, 0.3) is 0 Å². The molecule has 2 heterocycles. The van der Waals surface area contributed by atoms with E-state index in [2.05, 4.69) is 22.8 Å². The Kier molecular flexibility index (Phi) is 3.66. The molecule has 1 aliphatic carbocycles. The third-order valence-electron chi connectivity index (χ3n) is 5.65. The molecule has 118 valence electrons. The molecule has 1 amide bonds. The Morgan fingerprint density at radius 3 is 2.77 bits per heavy atom. The fourth-order valence-corrected chi connectivity index (χ4v) is 4.19. The van der Waals surface area contributed by atoms with Crippen LogP contribution in [0.3, 0.4) is 0 Å². The van der Waals surface area contributed by atoms with Gasteiger partial charge in [0.25, 0.3) is 0 Å². The first-order valence-electron chi connectivity index (χ1n) is 8.46. The molecule has 3 aliphatic rings. The first-order chi connectivity index (χ1) is 10.8. The smallest absolute Gasteiger partial charge is 0.224 e. The highest BCUT2D eigenvalue weighted by atomic mass is 16.5. The number of nitrogens with one attached hydrogen (secondary N) is 2. The molecule has 4 nitrogen and oxygen atoms in total. The van der Waals surface area contributed by atoms with Crippen LogP contribution in [0, 0.1) is 11.3 Å². The normalized spacial score (nSPS) is 32.8. The quantitative estimate of drug-likeness (QED) is 0.898. The van der Waals surface area contributed by atoms with Crippen LogP contribution in [0.1, 0.15) is 37.4 Å². The van der Waals surface area contributed by atoms with E-state index in [4.69, 9.17) is 4.74 Å². The lowest BCUT2D eigenvalue weighted by molar-refractivity contribution is -0.124. The van der Waals surface area contributed by atoms with Crippen LogP contribution in [0.4, 0.5) is 0 Å². The second-order valence-corrected chi connectivity index (χ2v) is 6.97. The fraction of sp³-hybridized carbons (Fsp3) is 0.611. The number of amides is 1. The lowest BCUT2D eigenvalue weighted by Crippen LogP contribution is -2.40. The highest BCUT2D eigenvalue weighted by Crippen LogP contribution is 2.58. The van der Waals surface area contributed by atoms with Crippen LogP contribution in [-0.4, -0.2) is 31.6 Å². The molecule has 3 fully saturated rings. The molecule has 2 aliphatic heterocycles. The van der Waals surface area contributed by atoms with E-state index in [9.17, 15) is 4.79 Å². The van der Waals surface area contributed by atoms with Gasteiger partial charge >= 0.3 is 0 Å². The van der Waals surface area contributed by atoms with Gasteiger partial charge in [-0.2, -0.15) is 0 Å². The zero-order valence-corrected chi connectivity index (χ0v) is 12.9. The van der Waals surface area contributed by atoms with Crippen LogP contribution in [-0.2, 0) is 9.53 Å². The molecule has 4 heteroatoms. The van der Waals surface area contributed by atoms with Gasteiger partial charge in [-0.05, 0) is 49.8 Å². The number of carbonyl (C=O) groups excluding carboxylic acids is 1. The van der Waals surface area contributed by atoms with E-state index in [1.165, 1.54) is 0 Å². The molecule has 22 heavy (non-hydrogen) atoms. The number of piperidine rings is 1. The standard InChI is InChI=1S/C18H24N2O2/c21-17(14-12-18(14)7-9-19-10-8-18)20-15-6-11-22-16(15)13-4-2-1-3-5-13/h1-5,14-16,19H,6-12H2,(H,20,21). The van der Waals surface area contributed by atoms with Crippen LogP contribution in [0.5, 0.6) is 0 Å². The van der Waals surface area contributed by atoms with E-state index in [1.807, 2.05) is 18.2 Å². The van der Waals surface area contributed by atoms with E-state index < -0.39 is 0 Å². The van der Waals surface area contributed by atoms with Gasteiger partial charge < -0.3 is 15.4 Å². The van der Waals surface area contributed by atoms with Crippen LogP contribution >= 0.6 is 0 Å². The number of benzene rings is 1. The number of ether oxygens (including phenoxy) is 1. The Morgan fingerprint density at radius 1 is 1.23 bits per heavy atom. The van der Waals surface area contributed by atoms with E-state index in [0.29, 0.717) is 5.41 Å². The average molecular weight is 300 g/mol. The molecule has 0 bridgehead atoms. The monoisotopic (exact) mass is 300 g/mol. The van der Waals surface area contributed by atoms with Crippen molar-refractivity contribution in [2.45, 2.75) is 37.8 Å². The minimum Gasteiger partial charge on any atom is -0.371 e. The van der Waals surface area contributed by atoms with Gasteiger partial charge in [0.1, 0.15) is 6.10 Å². The van der Waals surface area contributed by atoms with Gasteiger partial charge in [0.15, 0.2) is 0 Å². The number of carbonyl (C=O) groups is 1. The molecule has 4 rings (SSSR count). The molecule has 0 radical (unpaired) electrons. The Hall–Kier alpha value is -1.39. The van der Waals surface area contributed by atoms with Crippen LogP contribution in [0.15, 0.2) is 30.3 Å². The topological polar surface area (TPSA) is 50.4 Å². The summed E-state index contributed by atoms with van der Waals surface area (Å²) in [6, 6.07) is 10.4. The summed E-state index contributed by atoms with van der Waals surface area (Å²) in [7, 11) is 0. The van der Waals surface area contributed by atoms with Crippen molar-refractivity contribution >= 4 is 5.91 Å². The Bertz CT molecular complexity index is 539. The van der Waals surface area contributed by atoms with Crippen molar-refractivity contribution in [3.8, 4) is 0 Å². The molecule has 1 saturated carbocycles. The van der Waals surface area contributed by atoms with Gasteiger partial charge in [0.05, 0.1) is 6.04 Å². The van der Waals surface area contributed by atoms with Crippen molar-refractivity contribution in [1.29, 1.82) is 0 Å². The van der Waals surface area contributed by atoms with Gasteiger partial charge in [0.2, 0.25) is 5.91 Å². The summed E-state index contributed by atoms with van der Waals surface area (Å²) >= 11 is 0.